The third kappa shape index (κ3) is 6.41. The van der Waals surface area contributed by atoms with E-state index >= 15 is 0 Å². The molecule has 0 saturated heterocycles. The Hall–Kier alpha value is 0.270. The second-order valence-corrected chi connectivity index (χ2v) is 9.39. The molecular formula is C19H38O2S. The van der Waals surface area contributed by atoms with Crippen LogP contribution in [0.5, 0.6) is 0 Å². The van der Waals surface area contributed by atoms with Gasteiger partial charge in [0.05, 0.1) is 12.7 Å². The van der Waals surface area contributed by atoms with Gasteiger partial charge in [0.2, 0.25) is 0 Å². The van der Waals surface area contributed by atoms with E-state index in [1.165, 1.54) is 50.8 Å². The molecule has 1 fully saturated rings. The summed E-state index contributed by atoms with van der Waals surface area (Å²) in [6.45, 7) is 17.0. The van der Waals surface area contributed by atoms with E-state index in [2.05, 4.69) is 48.5 Å². The molecule has 0 N–H and O–H groups in total. The molecule has 3 heteroatoms. The molecule has 0 aromatic carbocycles. The first-order valence-corrected chi connectivity index (χ1v) is 9.80. The van der Waals surface area contributed by atoms with Crippen LogP contribution in [0.25, 0.3) is 0 Å². The molecular weight excluding hydrogens is 292 g/mol. The lowest BCUT2D eigenvalue weighted by Crippen LogP contribution is -2.29. The summed E-state index contributed by atoms with van der Waals surface area (Å²) in [7, 11) is 0. The Morgan fingerprint density at radius 1 is 1.05 bits per heavy atom. The molecule has 1 aliphatic rings. The molecule has 0 spiro atoms. The predicted molar refractivity (Wildman–Crippen MR) is 97.7 cm³/mol. The fourth-order valence-electron chi connectivity index (χ4n) is 3.37. The van der Waals surface area contributed by atoms with Crippen LogP contribution in [0.2, 0.25) is 0 Å². The van der Waals surface area contributed by atoms with E-state index in [-0.39, 0.29) is 5.41 Å². The van der Waals surface area contributed by atoms with Gasteiger partial charge in [-0.3, -0.25) is 8.37 Å². The summed E-state index contributed by atoms with van der Waals surface area (Å²) < 4.78 is 11.7. The summed E-state index contributed by atoms with van der Waals surface area (Å²) in [5.41, 5.74) is 0.697. The largest absolute Gasteiger partial charge is 0.291 e. The Labute approximate surface area is 143 Å². The molecule has 22 heavy (non-hydrogen) atoms. The van der Waals surface area contributed by atoms with Crippen LogP contribution in [0.3, 0.4) is 0 Å². The van der Waals surface area contributed by atoms with Crippen molar-refractivity contribution in [3.05, 3.63) is 0 Å². The van der Waals surface area contributed by atoms with Crippen LogP contribution in [-0.4, -0.2) is 12.7 Å². The fourth-order valence-corrected chi connectivity index (χ4v) is 4.04. The van der Waals surface area contributed by atoms with Crippen LogP contribution >= 0.6 is 12.3 Å². The Morgan fingerprint density at radius 3 is 2.09 bits per heavy atom. The van der Waals surface area contributed by atoms with E-state index < -0.39 is 0 Å². The quantitative estimate of drug-likeness (QED) is 0.366. The first-order chi connectivity index (χ1) is 10.2. The maximum absolute atomic E-state index is 5.89. The molecule has 132 valence electrons. The molecule has 0 bridgehead atoms. The minimum absolute atomic E-state index is 0.259. The summed E-state index contributed by atoms with van der Waals surface area (Å²) >= 11 is 1.24. The minimum Gasteiger partial charge on any atom is -0.291 e. The summed E-state index contributed by atoms with van der Waals surface area (Å²) in [5.74, 6) is 1.47. The molecule has 1 unspecified atom stereocenters. The van der Waals surface area contributed by atoms with Gasteiger partial charge in [-0.1, -0.05) is 54.9 Å². The zero-order chi connectivity index (χ0) is 16.8. The minimum atomic E-state index is 0.259. The first kappa shape index (κ1) is 20.3. The van der Waals surface area contributed by atoms with Crippen molar-refractivity contribution in [3.63, 3.8) is 0 Å². The lowest BCUT2D eigenvalue weighted by Gasteiger charge is -2.36. The monoisotopic (exact) mass is 330 g/mol. The van der Waals surface area contributed by atoms with Gasteiger partial charge in [-0.2, -0.15) is 0 Å². The van der Waals surface area contributed by atoms with Crippen LogP contribution in [0.15, 0.2) is 0 Å². The zero-order valence-corrected chi connectivity index (χ0v) is 16.7. The maximum Gasteiger partial charge on any atom is 0.158 e. The third-order valence-electron chi connectivity index (χ3n) is 5.73. The first-order valence-electron chi connectivity index (χ1n) is 9.14. The van der Waals surface area contributed by atoms with Gasteiger partial charge < -0.3 is 0 Å². The fraction of sp³-hybridized carbons (Fsp3) is 1.00. The van der Waals surface area contributed by atoms with Crippen molar-refractivity contribution in [3.8, 4) is 0 Å². The molecule has 1 aliphatic carbocycles. The predicted octanol–water partition coefficient (Wildman–Crippen LogP) is 6.65. The Balaban J connectivity index is 2.23. The molecule has 1 atom stereocenters. The Bertz CT molecular complexity index is 303. The SMILES string of the molecule is CCCC(C)(COSOC1CCC(C(C)(C)C)CC1)C(C)C. The van der Waals surface area contributed by atoms with Gasteiger partial charge in [-0.15, -0.1) is 0 Å². The van der Waals surface area contributed by atoms with Gasteiger partial charge in [0.25, 0.3) is 0 Å². The summed E-state index contributed by atoms with van der Waals surface area (Å²) in [5, 5.41) is 0. The van der Waals surface area contributed by atoms with Gasteiger partial charge in [-0.25, -0.2) is 0 Å². The lowest BCUT2D eigenvalue weighted by atomic mass is 9.72. The molecule has 0 amide bonds. The molecule has 2 nitrogen and oxygen atoms in total. The van der Waals surface area contributed by atoms with Crippen LogP contribution in [0.1, 0.15) is 87.0 Å². The number of hydrogen-bond acceptors (Lipinski definition) is 3. The standard InChI is InChI=1S/C19H38O2S/c1-8-13-19(7,15(2)3)14-20-22-21-17-11-9-16(10-12-17)18(4,5)6/h15-17H,8-14H2,1-7H3. The molecule has 0 radical (unpaired) electrons. The Kier molecular flexibility index (Phi) is 8.25. The molecule has 0 aromatic rings. The third-order valence-corrected chi connectivity index (χ3v) is 6.29. The highest BCUT2D eigenvalue weighted by atomic mass is 32.2. The number of rotatable bonds is 8. The smallest absolute Gasteiger partial charge is 0.158 e. The Morgan fingerprint density at radius 2 is 1.64 bits per heavy atom. The van der Waals surface area contributed by atoms with Gasteiger partial charge in [-0.05, 0) is 54.8 Å². The van der Waals surface area contributed by atoms with Gasteiger partial charge in [0, 0.05) is 0 Å². The average molecular weight is 331 g/mol. The van der Waals surface area contributed by atoms with E-state index in [4.69, 9.17) is 8.37 Å². The highest BCUT2D eigenvalue weighted by molar-refractivity contribution is 7.89. The van der Waals surface area contributed by atoms with Crippen LogP contribution < -0.4 is 0 Å². The number of hydrogen-bond donors (Lipinski definition) is 0. The van der Waals surface area contributed by atoms with Crippen molar-refractivity contribution in [2.24, 2.45) is 22.7 Å². The van der Waals surface area contributed by atoms with Crippen LogP contribution in [0, 0.1) is 22.7 Å². The molecule has 0 aromatic heterocycles. The zero-order valence-electron chi connectivity index (χ0n) is 15.9. The second kappa shape index (κ2) is 8.94. The topological polar surface area (TPSA) is 18.5 Å². The highest BCUT2D eigenvalue weighted by Crippen LogP contribution is 2.40. The van der Waals surface area contributed by atoms with Crippen molar-refractivity contribution in [2.45, 2.75) is 93.1 Å². The van der Waals surface area contributed by atoms with Gasteiger partial charge >= 0.3 is 0 Å². The van der Waals surface area contributed by atoms with E-state index in [9.17, 15) is 0 Å². The molecule has 0 aliphatic heterocycles. The van der Waals surface area contributed by atoms with E-state index in [1.54, 1.807) is 0 Å². The normalized spacial score (nSPS) is 26.2. The average Bonchev–Trinajstić information content (AvgIpc) is 2.43. The van der Waals surface area contributed by atoms with Crippen molar-refractivity contribution in [2.75, 3.05) is 6.61 Å². The van der Waals surface area contributed by atoms with Crippen molar-refractivity contribution in [1.82, 2.24) is 0 Å². The molecule has 0 heterocycles. The second-order valence-electron chi connectivity index (χ2n) is 8.82. The molecule has 1 rings (SSSR count). The van der Waals surface area contributed by atoms with E-state index in [0.29, 0.717) is 17.4 Å². The van der Waals surface area contributed by atoms with E-state index in [0.717, 1.165) is 12.5 Å². The highest BCUT2D eigenvalue weighted by Gasteiger charge is 2.31. The lowest BCUT2D eigenvalue weighted by molar-refractivity contribution is 0.0768. The van der Waals surface area contributed by atoms with Crippen LogP contribution in [0.4, 0.5) is 0 Å². The molecule has 1 saturated carbocycles. The van der Waals surface area contributed by atoms with Gasteiger partial charge in [0.15, 0.2) is 12.3 Å². The maximum atomic E-state index is 5.89. The summed E-state index contributed by atoms with van der Waals surface area (Å²) in [6.07, 6.45) is 7.72. The van der Waals surface area contributed by atoms with Crippen molar-refractivity contribution < 1.29 is 8.37 Å². The summed E-state index contributed by atoms with van der Waals surface area (Å²) in [4.78, 5) is 0. The van der Waals surface area contributed by atoms with Gasteiger partial charge in [0.1, 0.15) is 0 Å². The summed E-state index contributed by atoms with van der Waals surface area (Å²) in [6, 6.07) is 0. The van der Waals surface area contributed by atoms with Crippen molar-refractivity contribution in [1.29, 1.82) is 0 Å². The van der Waals surface area contributed by atoms with E-state index in [1.807, 2.05) is 0 Å². The van der Waals surface area contributed by atoms with Crippen molar-refractivity contribution >= 4 is 12.3 Å². The van der Waals surface area contributed by atoms with Crippen LogP contribution in [-0.2, 0) is 8.37 Å².